The number of carbonyl (C=O) groups is 1. The second-order valence-corrected chi connectivity index (χ2v) is 9.21. The van der Waals surface area contributed by atoms with Gasteiger partial charge in [-0.1, -0.05) is 48.0 Å². The molecule has 156 valence electrons. The van der Waals surface area contributed by atoms with Crippen LogP contribution in [0, 0.1) is 0 Å². The number of halogens is 1. The number of sulfonamides is 1. The number of nitrogens with one attached hydrogen (secondary N) is 1. The Morgan fingerprint density at radius 3 is 2.50 bits per heavy atom. The summed E-state index contributed by atoms with van der Waals surface area (Å²) < 4.78 is 27.2. The third-order valence-corrected chi connectivity index (χ3v) is 6.69. The van der Waals surface area contributed by atoms with E-state index in [9.17, 15) is 13.2 Å². The Hall–Kier alpha value is -2.74. The molecular weight excluding hydrogens is 422 g/mol. The average Bonchev–Trinajstić information content (AvgIpc) is 2.75. The molecule has 2 aromatic carbocycles. The highest BCUT2D eigenvalue weighted by Gasteiger charge is 2.23. The number of carbonyl (C=O) groups excluding carboxylic acids is 1. The number of benzene rings is 2. The fourth-order valence-electron chi connectivity index (χ4n) is 2.91. The van der Waals surface area contributed by atoms with E-state index in [0.717, 1.165) is 11.1 Å². The van der Waals surface area contributed by atoms with Gasteiger partial charge in [-0.2, -0.15) is 4.31 Å². The first kappa shape index (κ1) is 22.0. The summed E-state index contributed by atoms with van der Waals surface area (Å²) in [5.41, 5.74) is 1.98. The predicted octanol–water partition coefficient (Wildman–Crippen LogP) is 3.53. The highest BCUT2D eigenvalue weighted by atomic mass is 35.5. The van der Waals surface area contributed by atoms with Crippen molar-refractivity contribution in [2.45, 2.75) is 17.9 Å². The van der Waals surface area contributed by atoms with Gasteiger partial charge in [0.15, 0.2) is 0 Å². The van der Waals surface area contributed by atoms with Crippen molar-refractivity contribution in [2.75, 3.05) is 13.6 Å². The molecule has 0 aliphatic rings. The van der Waals surface area contributed by atoms with E-state index < -0.39 is 15.9 Å². The lowest BCUT2D eigenvalue weighted by Gasteiger charge is -2.18. The maximum absolute atomic E-state index is 13.0. The first-order valence-corrected chi connectivity index (χ1v) is 11.2. The SMILES string of the molecule is CN(Cc1ccccc1)S(=O)(=O)c1ccc(Cl)c(C(=O)NCCc2cccnc2)c1. The molecule has 30 heavy (non-hydrogen) atoms. The van der Waals surface area contributed by atoms with E-state index in [-0.39, 0.29) is 22.0 Å². The summed E-state index contributed by atoms with van der Waals surface area (Å²) in [6.07, 6.45) is 4.02. The Kier molecular flexibility index (Phi) is 7.20. The predicted molar refractivity (Wildman–Crippen MR) is 117 cm³/mol. The minimum absolute atomic E-state index is 0.0164. The molecule has 1 N–H and O–H groups in total. The van der Waals surface area contributed by atoms with Gasteiger partial charge in [0, 0.05) is 32.5 Å². The first-order valence-electron chi connectivity index (χ1n) is 9.35. The zero-order chi connectivity index (χ0) is 21.6. The number of hydrogen-bond acceptors (Lipinski definition) is 4. The van der Waals surface area contributed by atoms with Gasteiger partial charge in [-0.15, -0.1) is 0 Å². The fraction of sp³-hybridized carbons (Fsp3) is 0.182. The smallest absolute Gasteiger partial charge is 0.252 e. The first-order chi connectivity index (χ1) is 14.4. The van der Waals surface area contributed by atoms with Crippen molar-refractivity contribution in [2.24, 2.45) is 0 Å². The van der Waals surface area contributed by atoms with Crippen molar-refractivity contribution in [1.82, 2.24) is 14.6 Å². The average molecular weight is 444 g/mol. The van der Waals surface area contributed by atoms with Crippen LogP contribution < -0.4 is 5.32 Å². The van der Waals surface area contributed by atoms with E-state index in [2.05, 4.69) is 10.3 Å². The van der Waals surface area contributed by atoms with Crippen molar-refractivity contribution in [3.63, 3.8) is 0 Å². The minimum atomic E-state index is -3.79. The van der Waals surface area contributed by atoms with Crippen LogP contribution in [0.3, 0.4) is 0 Å². The fourth-order valence-corrected chi connectivity index (χ4v) is 4.29. The quantitative estimate of drug-likeness (QED) is 0.577. The van der Waals surface area contributed by atoms with Gasteiger partial charge in [0.05, 0.1) is 15.5 Å². The van der Waals surface area contributed by atoms with Crippen LogP contribution in [-0.4, -0.2) is 37.2 Å². The maximum Gasteiger partial charge on any atom is 0.252 e. The van der Waals surface area contributed by atoms with Gasteiger partial charge in [0.25, 0.3) is 5.91 Å². The van der Waals surface area contributed by atoms with Crippen LogP contribution >= 0.6 is 11.6 Å². The molecule has 1 aromatic heterocycles. The molecule has 0 bridgehead atoms. The van der Waals surface area contributed by atoms with Gasteiger partial charge in [0.1, 0.15) is 0 Å². The number of amides is 1. The monoisotopic (exact) mass is 443 g/mol. The molecule has 3 rings (SSSR count). The standard InChI is InChI=1S/C22H22ClN3O3S/c1-26(16-18-6-3-2-4-7-18)30(28,29)19-9-10-21(23)20(14-19)22(27)25-13-11-17-8-5-12-24-15-17/h2-10,12,14-15H,11,13,16H2,1H3,(H,25,27). The van der Waals surface area contributed by atoms with Gasteiger partial charge in [-0.25, -0.2) is 8.42 Å². The summed E-state index contributed by atoms with van der Waals surface area (Å²) in [6.45, 7) is 0.601. The maximum atomic E-state index is 13.0. The molecule has 8 heteroatoms. The molecule has 0 atom stereocenters. The summed E-state index contributed by atoms with van der Waals surface area (Å²) in [5.74, 6) is -0.424. The molecule has 6 nitrogen and oxygen atoms in total. The molecule has 0 aliphatic heterocycles. The summed E-state index contributed by atoms with van der Waals surface area (Å²) in [7, 11) is -2.28. The van der Waals surface area contributed by atoms with E-state index in [4.69, 9.17) is 11.6 Å². The number of nitrogens with zero attached hydrogens (tertiary/aromatic N) is 2. The Morgan fingerprint density at radius 1 is 1.07 bits per heavy atom. The van der Waals surface area contributed by atoms with Crippen molar-refractivity contribution < 1.29 is 13.2 Å². The molecule has 1 amide bonds. The molecule has 0 spiro atoms. The van der Waals surface area contributed by atoms with Crippen LogP contribution in [0.15, 0.2) is 78.0 Å². The van der Waals surface area contributed by atoms with Gasteiger partial charge < -0.3 is 5.32 Å². The molecule has 0 unspecified atom stereocenters. The molecule has 1 heterocycles. The van der Waals surface area contributed by atoms with E-state index in [1.165, 1.54) is 29.6 Å². The zero-order valence-corrected chi connectivity index (χ0v) is 18.0. The minimum Gasteiger partial charge on any atom is -0.352 e. The lowest BCUT2D eigenvalue weighted by atomic mass is 10.2. The summed E-state index contributed by atoms with van der Waals surface area (Å²) in [4.78, 5) is 16.6. The Labute approximate surface area is 181 Å². The summed E-state index contributed by atoms with van der Waals surface area (Å²) >= 11 is 6.17. The Balaban J connectivity index is 1.72. The highest BCUT2D eigenvalue weighted by molar-refractivity contribution is 7.89. The number of aromatic nitrogens is 1. The molecule has 0 aliphatic carbocycles. The molecule has 0 saturated carbocycles. The van der Waals surface area contributed by atoms with Crippen LogP contribution in [0.1, 0.15) is 21.5 Å². The zero-order valence-electron chi connectivity index (χ0n) is 16.5. The highest BCUT2D eigenvalue weighted by Crippen LogP contribution is 2.23. The van der Waals surface area contributed by atoms with Crippen molar-refractivity contribution in [1.29, 1.82) is 0 Å². The molecule has 3 aromatic rings. The van der Waals surface area contributed by atoms with E-state index in [1.807, 2.05) is 42.5 Å². The summed E-state index contributed by atoms with van der Waals surface area (Å²) in [5, 5.41) is 2.97. The summed E-state index contributed by atoms with van der Waals surface area (Å²) in [6, 6.07) is 17.2. The number of hydrogen-bond donors (Lipinski definition) is 1. The Bertz CT molecular complexity index is 1110. The van der Waals surface area contributed by atoms with Crippen LogP contribution in [0.4, 0.5) is 0 Å². The molecule has 0 saturated heterocycles. The third-order valence-electron chi connectivity index (χ3n) is 4.56. The lowest BCUT2D eigenvalue weighted by molar-refractivity contribution is 0.0954. The Morgan fingerprint density at radius 2 is 1.80 bits per heavy atom. The number of rotatable bonds is 8. The second kappa shape index (κ2) is 9.84. The van der Waals surface area contributed by atoms with E-state index in [1.54, 1.807) is 12.4 Å². The van der Waals surface area contributed by atoms with Crippen molar-refractivity contribution in [3.8, 4) is 0 Å². The van der Waals surface area contributed by atoms with Crippen molar-refractivity contribution >= 4 is 27.5 Å². The normalized spacial score (nSPS) is 11.4. The van der Waals surface area contributed by atoms with Crippen LogP contribution in [0.25, 0.3) is 0 Å². The van der Waals surface area contributed by atoms with Crippen LogP contribution in [0.5, 0.6) is 0 Å². The van der Waals surface area contributed by atoms with Gasteiger partial charge >= 0.3 is 0 Å². The topological polar surface area (TPSA) is 79.4 Å². The van der Waals surface area contributed by atoms with Gasteiger partial charge in [-0.3, -0.25) is 9.78 Å². The molecular formula is C22H22ClN3O3S. The molecule has 0 radical (unpaired) electrons. The number of pyridine rings is 1. The van der Waals surface area contributed by atoms with Gasteiger partial charge in [-0.05, 0) is 41.8 Å². The van der Waals surface area contributed by atoms with Gasteiger partial charge in [0.2, 0.25) is 10.0 Å². The largest absolute Gasteiger partial charge is 0.352 e. The van der Waals surface area contributed by atoms with Crippen LogP contribution in [-0.2, 0) is 23.0 Å². The third kappa shape index (κ3) is 5.44. The molecule has 0 fully saturated rings. The van der Waals surface area contributed by atoms with E-state index in [0.29, 0.717) is 13.0 Å². The van der Waals surface area contributed by atoms with E-state index >= 15 is 0 Å². The van der Waals surface area contributed by atoms with Crippen LogP contribution in [0.2, 0.25) is 5.02 Å². The van der Waals surface area contributed by atoms with Crippen molar-refractivity contribution in [3.05, 3.63) is 94.8 Å². The lowest BCUT2D eigenvalue weighted by Crippen LogP contribution is -2.28. The second-order valence-electron chi connectivity index (χ2n) is 6.76.